The van der Waals surface area contributed by atoms with E-state index in [0.29, 0.717) is 17.7 Å². The van der Waals surface area contributed by atoms with Crippen LogP contribution in [0.2, 0.25) is 0 Å². The van der Waals surface area contributed by atoms with Gasteiger partial charge in [0.05, 0.1) is 20.6 Å². The fourth-order valence-corrected chi connectivity index (χ4v) is 4.36. The monoisotopic (exact) mass is 605 g/mol. The number of hydrogen-bond acceptors (Lipinski definition) is 4. The fraction of sp³-hybridized carbons (Fsp3) is 0.143. The SMILES string of the molecule is Cc1ccc(S(=O)(=O)Nc2cc(OC(F)(F)F)cc(Br)c2Oc2c(F)cc(C(F)(F)F)cc2F)cc1. The van der Waals surface area contributed by atoms with Crippen LogP contribution in [0.4, 0.5) is 40.8 Å². The van der Waals surface area contributed by atoms with Crippen LogP contribution < -0.4 is 14.2 Å². The molecule has 5 nitrogen and oxygen atoms in total. The summed E-state index contributed by atoms with van der Waals surface area (Å²) in [5, 5.41) is 0. The van der Waals surface area contributed by atoms with Crippen LogP contribution >= 0.6 is 15.9 Å². The molecule has 0 aromatic heterocycles. The summed E-state index contributed by atoms with van der Waals surface area (Å²) in [5.74, 6) is -6.70. The highest BCUT2D eigenvalue weighted by molar-refractivity contribution is 9.10. The summed E-state index contributed by atoms with van der Waals surface area (Å²) >= 11 is 2.80. The van der Waals surface area contributed by atoms with Crippen molar-refractivity contribution >= 4 is 31.6 Å². The van der Waals surface area contributed by atoms with E-state index in [9.17, 15) is 43.5 Å². The van der Waals surface area contributed by atoms with Crippen LogP contribution in [-0.2, 0) is 16.2 Å². The molecule has 0 heterocycles. The number of aryl methyl sites for hydroxylation is 1. The van der Waals surface area contributed by atoms with E-state index in [4.69, 9.17) is 4.74 Å². The van der Waals surface area contributed by atoms with Crippen LogP contribution in [0.3, 0.4) is 0 Å². The zero-order chi connectivity index (χ0) is 27.1. The third kappa shape index (κ3) is 6.57. The Morgan fingerprint density at radius 2 is 1.42 bits per heavy atom. The standard InChI is InChI=1S/C21H12BrF8NO4S/c1-10-2-4-13(5-3-10)36(32,33)31-17-9-12(35-21(28,29)30)8-14(22)18(17)34-19-15(23)6-11(7-16(19)24)20(25,26)27/h2-9,31H,1H3. The Labute approximate surface area is 206 Å². The quantitative estimate of drug-likeness (QED) is 0.295. The summed E-state index contributed by atoms with van der Waals surface area (Å²) in [6.45, 7) is 1.66. The molecule has 0 saturated carbocycles. The lowest BCUT2D eigenvalue weighted by Gasteiger charge is -2.18. The van der Waals surface area contributed by atoms with E-state index in [2.05, 4.69) is 20.7 Å². The molecule has 3 rings (SSSR count). The highest BCUT2D eigenvalue weighted by Crippen LogP contribution is 2.44. The van der Waals surface area contributed by atoms with E-state index in [-0.39, 0.29) is 17.0 Å². The van der Waals surface area contributed by atoms with Gasteiger partial charge >= 0.3 is 12.5 Å². The molecule has 0 unspecified atom stereocenters. The number of benzene rings is 3. The molecule has 0 amide bonds. The number of halogens is 9. The second-order valence-electron chi connectivity index (χ2n) is 7.12. The zero-order valence-corrected chi connectivity index (χ0v) is 20.0. The first kappa shape index (κ1) is 27.5. The molecule has 0 bridgehead atoms. The van der Waals surface area contributed by atoms with E-state index in [1.54, 1.807) is 6.92 Å². The molecule has 3 aromatic carbocycles. The van der Waals surface area contributed by atoms with E-state index in [1.165, 1.54) is 24.3 Å². The normalized spacial score (nSPS) is 12.4. The molecule has 0 fully saturated rings. The molecular weight excluding hydrogens is 594 g/mol. The number of nitrogens with one attached hydrogen (secondary N) is 1. The van der Waals surface area contributed by atoms with Crippen LogP contribution in [0, 0.1) is 18.6 Å². The zero-order valence-electron chi connectivity index (χ0n) is 17.6. The number of ether oxygens (including phenoxy) is 2. The average molecular weight is 606 g/mol. The summed E-state index contributed by atoms with van der Waals surface area (Å²) < 4.78 is 141. The maximum atomic E-state index is 14.3. The fourth-order valence-electron chi connectivity index (χ4n) is 2.78. The van der Waals surface area contributed by atoms with Crippen molar-refractivity contribution in [2.24, 2.45) is 0 Å². The van der Waals surface area contributed by atoms with Crippen LogP contribution in [0.15, 0.2) is 57.9 Å². The largest absolute Gasteiger partial charge is 0.573 e. The Morgan fingerprint density at radius 1 is 0.861 bits per heavy atom. The second kappa shape index (κ2) is 9.76. The molecule has 0 atom stereocenters. The number of sulfonamides is 1. The Morgan fingerprint density at radius 3 is 1.92 bits per heavy atom. The predicted molar refractivity (Wildman–Crippen MR) is 114 cm³/mol. The van der Waals surface area contributed by atoms with Crippen molar-refractivity contribution in [3.05, 3.63) is 75.8 Å². The predicted octanol–water partition coefficient (Wildman–Crippen LogP) is 7.55. The highest BCUT2D eigenvalue weighted by Gasteiger charge is 2.34. The van der Waals surface area contributed by atoms with Crippen LogP contribution in [0.1, 0.15) is 11.1 Å². The minimum absolute atomic E-state index is 0.0659. The van der Waals surface area contributed by atoms with Gasteiger partial charge in [-0.1, -0.05) is 17.7 Å². The minimum Gasteiger partial charge on any atom is -0.448 e. The molecule has 0 aliphatic carbocycles. The summed E-state index contributed by atoms with van der Waals surface area (Å²) in [4.78, 5) is -0.329. The first-order chi connectivity index (χ1) is 16.5. The maximum Gasteiger partial charge on any atom is 0.573 e. The Bertz CT molecular complexity index is 1370. The van der Waals surface area contributed by atoms with Gasteiger partial charge in [0.1, 0.15) is 5.75 Å². The second-order valence-corrected chi connectivity index (χ2v) is 9.65. The van der Waals surface area contributed by atoms with E-state index < -0.39 is 67.2 Å². The van der Waals surface area contributed by atoms with Crippen molar-refractivity contribution in [2.75, 3.05) is 4.72 Å². The summed E-state index contributed by atoms with van der Waals surface area (Å²) in [7, 11) is -4.49. The van der Waals surface area contributed by atoms with Crippen LogP contribution in [0.5, 0.6) is 17.2 Å². The van der Waals surface area contributed by atoms with Crippen molar-refractivity contribution in [1.29, 1.82) is 0 Å². The van der Waals surface area contributed by atoms with Crippen LogP contribution in [-0.4, -0.2) is 14.8 Å². The van der Waals surface area contributed by atoms with Crippen molar-refractivity contribution in [1.82, 2.24) is 0 Å². The Balaban J connectivity index is 2.12. The molecule has 194 valence electrons. The summed E-state index contributed by atoms with van der Waals surface area (Å²) in [6, 6.07) is 6.24. The average Bonchev–Trinajstić information content (AvgIpc) is 2.70. The van der Waals surface area contributed by atoms with Crippen molar-refractivity contribution in [2.45, 2.75) is 24.4 Å². The smallest absolute Gasteiger partial charge is 0.448 e. The van der Waals surface area contributed by atoms with E-state index >= 15 is 0 Å². The van der Waals surface area contributed by atoms with Crippen molar-refractivity contribution < 1.29 is 53.0 Å². The first-order valence-electron chi connectivity index (χ1n) is 9.39. The van der Waals surface area contributed by atoms with Gasteiger partial charge in [0.2, 0.25) is 0 Å². The Kier molecular flexibility index (Phi) is 7.46. The first-order valence-corrected chi connectivity index (χ1v) is 11.7. The molecule has 0 spiro atoms. The summed E-state index contributed by atoms with van der Waals surface area (Å²) in [5.41, 5.74) is -1.75. The van der Waals surface area contributed by atoms with Gasteiger partial charge in [0, 0.05) is 6.07 Å². The van der Waals surface area contributed by atoms with Crippen molar-refractivity contribution in [3.63, 3.8) is 0 Å². The van der Waals surface area contributed by atoms with Gasteiger partial charge in [-0.3, -0.25) is 4.72 Å². The third-order valence-electron chi connectivity index (χ3n) is 4.36. The van der Waals surface area contributed by atoms with Crippen LogP contribution in [0.25, 0.3) is 0 Å². The molecule has 3 aromatic rings. The van der Waals surface area contributed by atoms with Gasteiger partial charge in [-0.25, -0.2) is 17.2 Å². The maximum absolute atomic E-state index is 14.3. The lowest BCUT2D eigenvalue weighted by atomic mass is 10.2. The molecule has 0 aliphatic heterocycles. The molecule has 0 radical (unpaired) electrons. The van der Waals surface area contributed by atoms with Gasteiger partial charge in [-0.15, -0.1) is 13.2 Å². The molecule has 0 saturated heterocycles. The molecule has 15 heteroatoms. The van der Waals surface area contributed by atoms with Crippen molar-refractivity contribution in [3.8, 4) is 17.2 Å². The van der Waals surface area contributed by atoms with Gasteiger partial charge in [-0.05, 0) is 53.2 Å². The molecule has 36 heavy (non-hydrogen) atoms. The van der Waals surface area contributed by atoms with Gasteiger partial charge in [0.15, 0.2) is 23.1 Å². The molecule has 0 aliphatic rings. The number of rotatable bonds is 6. The van der Waals surface area contributed by atoms with E-state index in [1.807, 2.05) is 4.72 Å². The van der Waals surface area contributed by atoms with Gasteiger partial charge in [0.25, 0.3) is 10.0 Å². The molecular formula is C21H12BrF8NO4S. The van der Waals surface area contributed by atoms with E-state index in [0.717, 1.165) is 0 Å². The number of alkyl halides is 6. The number of anilines is 1. The number of hydrogen-bond donors (Lipinski definition) is 1. The summed E-state index contributed by atoms with van der Waals surface area (Å²) in [6.07, 6.45) is -10.3. The minimum atomic E-state index is -5.19. The lowest BCUT2D eigenvalue weighted by Crippen LogP contribution is -2.18. The lowest BCUT2D eigenvalue weighted by molar-refractivity contribution is -0.274. The highest BCUT2D eigenvalue weighted by atomic mass is 79.9. The van der Waals surface area contributed by atoms with Gasteiger partial charge < -0.3 is 9.47 Å². The van der Waals surface area contributed by atoms with Gasteiger partial charge in [-0.2, -0.15) is 13.2 Å². The topological polar surface area (TPSA) is 64.6 Å². The third-order valence-corrected chi connectivity index (χ3v) is 6.33. The molecule has 1 N–H and O–H groups in total. The Hall–Kier alpha value is -3.07.